The van der Waals surface area contributed by atoms with Crippen molar-refractivity contribution < 1.29 is 29.0 Å². The highest BCUT2D eigenvalue weighted by atomic mass is 16.5. The van der Waals surface area contributed by atoms with Gasteiger partial charge in [0, 0.05) is 12.5 Å². The Morgan fingerprint density at radius 3 is 2.15 bits per heavy atom. The normalized spacial score (nSPS) is 10.0. The van der Waals surface area contributed by atoms with Gasteiger partial charge in [-0.2, -0.15) is 0 Å². The molecule has 1 aromatic rings. The van der Waals surface area contributed by atoms with Gasteiger partial charge in [-0.25, -0.2) is 0 Å². The standard InChI is InChI=1S/C13H15NO6/c1-7(15)14-9-6-4-5-8(11(9)16)10(12(17)19-2)13(18)20-3/h4-6,10,16H,1-3H3,(H,14,15). The first-order valence-corrected chi connectivity index (χ1v) is 5.67. The van der Waals surface area contributed by atoms with Gasteiger partial charge >= 0.3 is 11.9 Å². The van der Waals surface area contributed by atoms with Crippen molar-refractivity contribution in [2.24, 2.45) is 0 Å². The number of hydrogen-bond donors (Lipinski definition) is 2. The molecule has 20 heavy (non-hydrogen) atoms. The molecule has 0 bridgehead atoms. The van der Waals surface area contributed by atoms with Crippen LogP contribution in [-0.2, 0) is 23.9 Å². The summed E-state index contributed by atoms with van der Waals surface area (Å²) in [6.45, 7) is 1.27. The Labute approximate surface area is 115 Å². The second-order valence-electron chi connectivity index (χ2n) is 3.90. The number of carbonyl (C=O) groups excluding carboxylic acids is 3. The van der Waals surface area contributed by atoms with Crippen LogP contribution in [0.1, 0.15) is 18.4 Å². The summed E-state index contributed by atoms with van der Waals surface area (Å²) in [5.41, 5.74) is 0.0859. The number of para-hydroxylation sites is 1. The largest absolute Gasteiger partial charge is 0.505 e. The summed E-state index contributed by atoms with van der Waals surface area (Å²) in [4.78, 5) is 34.4. The first-order valence-electron chi connectivity index (χ1n) is 5.67. The molecular weight excluding hydrogens is 266 g/mol. The van der Waals surface area contributed by atoms with Crippen LogP contribution in [0.15, 0.2) is 18.2 Å². The average molecular weight is 281 g/mol. The van der Waals surface area contributed by atoms with Crippen LogP contribution >= 0.6 is 0 Å². The Kier molecular flexibility index (Phi) is 5.08. The summed E-state index contributed by atoms with van der Waals surface area (Å²) in [7, 11) is 2.24. The van der Waals surface area contributed by atoms with Crippen molar-refractivity contribution in [2.45, 2.75) is 12.8 Å². The summed E-state index contributed by atoms with van der Waals surface area (Å²) < 4.78 is 9.05. The quantitative estimate of drug-likeness (QED) is 0.480. The summed E-state index contributed by atoms with van der Waals surface area (Å²) in [5.74, 6) is -3.94. The van der Waals surface area contributed by atoms with E-state index in [1.165, 1.54) is 25.1 Å². The molecule has 1 rings (SSSR count). The molecular formula is C13H15NO6. The van der Waals surface area contributed by atoms with E-state index in [2.05, 4.69) is 14.8 Å². The van der Waals surface area contributed by atoms with Crippen molar-refractivity contribution in [1.82, 2.24) is 0 Å². The number of methoxy groups -OCH3 is 2. The molecule has 0 aliphatic rings. The van der Waals surface area contributed by atoms with E-state index in [1.807, 2.05) is 0 Å². The first kappa shape index (κ1) is 15.5. The topological polar surface area (TPSA) is 102 Å². The number of carbonyl (C=O) groups is 3. The van der Waals surface area contributed by atoms with Gasteiger partial charge in [0.2, 0.25) is 5.91 Å². The van der Waals surface area contributed by atoms with Gasteiger partial charge in [0.15, 0.2) is 5.92 Å². The minimum absolute atomic E-state index is 0.00468. The number of nitrogens with one attached hydrogen (secondary N) is 1. The number of hydrogen-bond acceptors (Lipinski definition) is 6. The van der Waals surface area contributed by atoms with Gasteiger partial charge < -0.3 is 19.9 Å². The minimum atomic E-state index is -1.42. The second-order valence-corrected chi connectivity index (χ2v) is 3.90. The Balaban J connectivity index is 3.30. The molecule has 0 saturated heterocycles. The second kappa shape index (κ2) is 6.55. The Morgan fingerprint density at radius 2 is 1.70 bits per heavy atom. The molecule has 0 atom stereocenters. The Bertz CT molecular complexity index is 524. The van der Waals surface area contributed by atoms with Gasteiger partial charge in [0.25, 0.3) is 0 Å². The summed E-state index contributed by atoms with van der Waals surface area (Å²) in [6.07, 6.45) is 0. The molecule has 0 spiro atoms. The predicted molar refractivity (Wildman–Crippen MR) is 69.2 cm³/mol. The van der Waals surface area contributed by atoms with E-state index in [4.69, 9.17) is 0 Å². The molecule has 0 unspecified atom stereocenters. The van der Waals surface area contributed by atoms with Gasteiger partial charge in [-0.3, -0.25) is 14.4 Å². The van der Waals surface area contributed by atoms with Crippen LogP contribution in [0.2, 0.25) is 0 Å². The van der Waals surface area contributed by atoms with Crippen molar-refractivity contribution >= 4 is 23.5 Å². The van der Waals surface area contributed by atoms with E-state index in [0.717, 1.165) is 14.2 Å². The first-order chi connectivity index (χ1) is 9.42. The number of aromatic hydroxyl groups is 1. The van der Waals surface area contributed by atoms with Crippen LogP contribution < -0.4 is 5.32 Å². The van der Waals surface area contributed by atoms with Crippen LogP contribution in [0.3, 0.4) is 0 Å². The maximum Gasteiger partial charge on any atom is 0.324 e. The summed E-state index contributed by atoms with van der Waals surface area (Å²) >= 11 is 0. The van der Waals surface area contributed by atoms with Crippen LogP contribution in [0, 0.1) is 0 Å². The van der Waals surface area contributed by atoms with E-state index in [9.17, 15) is 19.5 Å². The minimum Gasteiger partial charge on any atom is -0.505 e. The fraction of sp³-hybridized carbons (Fsp3) is 0.308. The zero-order chi connectivity index (χ0) is 15.3. The Hall–Kier alpha value is -2.57. The van der Waals surface area contributed by atoms with Crippen molar-refractivity contribution in [2.75, 3.05) is 19.5 Å². The number of anilines is 1. The molecule has 1 aromatic carbocycles. The maximum absolute atomic E-state index is 11.7. The van der Waals surface area contributed by atoms with E-state index in [0.29, 0.717) is 0 Å². The lowest BCUT2D eigenvalue weighted by atomic mass is 9.97. The van der Waals surface area contributed by atoms with Crippen LogP contribution in [0.4, 0.5) is 5.69 Å². The zero-order valence-electron chi connectivity index (χ0n) is 11.3. The lowest BCUT2D eigenvalue weighted by molar-refractivity contribution is -0.154. The van der Waals surface area contributed by atoms with E-state index < -0.39 is 23.8 Å². The fourth-order valence-electron chi connectivity index (χ4n) is 1.67. The highest BCUT2D eigenvalue weighted by Gasteiger charge is 2.33. The number of phenolic OH excluding ortho intramolecular Hbond substituents is 1. The molecule has 0 aliphatic carbocycles. The number of phenols is 1. The Morgan fingerprint density at radius 1 is 1.15 bits per heavy atom. The smallest absolute Gasteiger partial charge is 0.324 e. The molecule has 108 valence electrons. The van der Waals surface area contributed by atoms with Crippen molar-refractivity contribution in [3.8, 4) is 5.75 Å². The molecule has 0 aromatic heterocycles. The number of benzene rings is 1. The summed E-state index contributed by atoms with van der Waals surface area (Å²) in [5, 5.41) is 12.5. The number of ether oxygens (including phenoxy) is 2. The molecule has 2 N–H and O–H groups in total. The van der Waals surface area contributed by atoms with Gasteiger partial charge in [-0.05, 0) is 6.07 Å². The highest BCUT2D eigenvalue weighted by Crippen LogP contribution is 2.34. The molecule has 1 amide bonds. The van der Waals surface area contributed by atoms with Crippen molar-refractivity contribution in [1.29, 1.82) is 0 Å². The SMILES string of the molecule is COC(=O)C(C(=O)OC)c1cccc(NC(C)=O)c1O. The third-order valence-corrected chi connectivity index (χ3v) is 2.56. The monoisotopic (exact) mass is 281 g/mol. The molecule has 0 radical (unpaired) electrons. The predicted octanol–water partition coefficient (Wildman–Crippen LogP) is 0.780. The van der Waals surface area contributed by atoms with E-state index >= 15 is 0 Å². The summed E-state index contributed by atoms with van der Waals surface area (Å²) in [6, 6.07) is 4.30. The van der Waals surface area contributed by atoms with E-state index in [-0.39, 0.29) is 17.0 Å². The fourth-order valence-corrected chi connectivity index (χ4v) is 1.67. The molecule has 7 nitrogen and oxygen atoms in total. The number of rotatable bonds is 4. The zero-order valence-corrected chi connectivity index (χ0v) is 11.3. The van der Waals surface area contributed by atoms with Crippen LogP contribution in [-0.4, -0.2) is 37.2 Å². The third-order valence-electron chi connectivity index (χ3n) is 2.56. The van der Waals surface area contributed by atoms with Crippen molar-refractivity contribution in [3.05, 3.63) is 23.8 Å². The van der Waals surface area contributed by atoms with Gasteiger partial charge in [-0.1, -0.05) is 12.1 Å². The highest BCUT2D eigenvalue weighted by molar-refractivity contribution is 6.02. The van der Waals surface area contributed by atoms with Crippen LogP contribution in [0.5, 0.6) is 5.75 Å². The number of esters is 2. The number of amides is 1. The van der Waals surface area contributed by atoms with Gasteiger partial charge in [-0.15, -0.1) is 0 Å². The lowest BCUT2D eigenvalue weighted by Gasteiger charge is -2.16. The van der Waals surface area contributed by atoms with Crippen molar-refractivity contribution in [3.63, 3.8) is 0 Å². The molecule has 0 aliphatic heterocycles. The third kappa shape index (κ3) is 3.25. The van der Waals surface area contributed by atoms with E-state index in [1.54, 1.807) is 0 Å². The lowest BCUT2D eigenvalue weighted by Crippen LogP contribution is -2.24. The van der Waals surface area contributed by atoms with Gasteiger partial charge in [0.1, 0.15) is 5.75 Å². The van der Waals surface area contributed by atoms with Gasteiger partial charge in [0.05, 0.1) is 19.9 Å². The maximum atomic E-state index is 11.7. The molecule has 0 heterocycles. The molecule has 0 saturated carbocycles. The van der Waals surface area contributed by atoms with Crippen LogP contribution in [0.25, 0.3) is 0 Å². The molecule has 7 heteroatoms. The average Bonchev–Trinajstić information content (AvgIpc) is 2.42. The molecule has 0 fully saturated rings.